The van der Waals surface area contributed by atoms with Crippen LogP contribution >= 0.6 is 0 Å². The molecule has 0 amide bonds. The Hall–Kier alpha value is -7.53. The van der Waals surface area contributed by atoms with Crippen molar-refractivity contribution in [3.63, 3.8) is 0 Å². The number of hydrogen-bond acceptors (Lipinski definition) is 3. The van der Waals surface area contributed by atoms with E-state index in [1.165, 1.54) is 71.7 Å². The molecule has 3 aromatic heterocycles. The predicted octanol–water partition coefficient (Wildman–Crippen LogP) is 16.0. The minimum atomic E-state index is -0.344. The van der Waals surface area contributed by atoms with Crippen LogP contribution in [0, 0.1) is 6.07 Å². The molecule has 0 saturated carbocycles. The van der Waals surface area contributed by atoms with Crippen LogP contribution in [0.4, 0.5) is 0 Å². The second kappa shape index (κ2) is 17.5. The van der Waals surface area contributed by atoms with Crippen LogP contribution < -0.4 is 16.4 Å². The zero-order valence-corrected chi connectivity index (χ0v) is 47.6. The third-order valence-corrected chi connectivity index (χ3v) is 16.7. The van der Waals surface area contributed by atoms with Crippen molar-refractivity contribution in [2.24, 2.45) is 0 Å². The Morgan fingerprint density at radius 3 is 1.78 bits per heavy atom. The molecule has 0 spiro atoms. The molecule has 0 saturated heterocycles. The summed E-state index contributed by atoms with van der Waals surface area (Å²) in [5.41, 5.74) is 25.0. The summed E-state index contributed by atoms with van der Waals surface area (Å²) in [6.45, 7) is 22.7. The maximum Gasteiger partial charge on any atom is 0.193 e. The molecule has 0 unspecified atom stereocenters. The molecule has 77 heavy (non-hydrogen) atoms. The standard InChI is InChI=1S/C70H60BN4O.Pt/c1-39(2)49-34-42(41-22-12-11-13-23-41)35-50(40(3)4)65(49)75-59-33-21-28-46(64(59)73-68(75)53-36-43(69(5,6)7)37-54(66(53)76)70(8,9)10)45-27-20-32-58-63(45)72-67-52-38-51-44-24-14-17-29-55(44)71-56-30-18-15-25-47(56)61(62(51)71)60(52)48-26-16-19-31-57(48)74(58)67;/h11-37,39-40,76H,1-10H3;/q-1;. The Bertz CT molecular complexity index is 4420. The van der Waals surface area contributed by atoms with Crippen molar-refractivity contribution in [3.8, 4) is 67.3 Å². The van der Waals surface area contributed by atoms with Crippen molar-refractivity contribution in [3.05, 3.63) is 192 Å². The average molecular weight is 1180 g/mol. The van der Waals surface area contributed by atoms with E-state index in [1.807, 2.05) is 0 Å². The summed E-state index contributed by atoms with van der Waals surface area (Å²) in [5, 5.41) is 16.3. The minimum absolute atomic E-state index is 0. The smallest absolute Gasteiger partial charge is 0.193 e. The Balaban J connectivity index is 0.00000566. The fraction of sp³-hybridized carbons (Fsp3) is 0.200. The molecule has 0 aliphatic carbocycles. The first-order valence-corrected chi connectivity index (χ1v) is 27.2. The first-order chi connectivity index (χ1) is 36.6. The van der Waals surface area contributed by atoms with Gasteiger partial charge in [0.15, 0.2) is 6.71 Å². The maximum atomic E-state index is 12.8. The number of hydrogen-bond donors (Lipinski definition) is 1. The fourth-order valence-electron chi connectivity index (χ4n) is 13.0. The van der Waals surface area contributed by atoms with E-state index in [1.54, 1.807) is 0 Å². The zero-order valence-electron chi connectivity index (χ0n) is 45.4. The second-order valence-corrected chi connectivity index (χ2v) is 24.2. The summed E-state index contributed by atoms with van der Waals surface area (Å²) in [6.07, 6.45) is 0. The number of para-hydroxylation sites is 3. The molecule has 2 aliphatic heterocycles. The van der Waals surface area contributed by atoms with Gasteiger partial charge in [-0.3, -0.25) is 9.55 Å². The molecule has 5 heterocycles. The molecule has 5 nitrogen and oxygen atoms in total. The first kappa shape index (κ1) is 49.1. The van der Waals surface area contributed by atoms with Crippen LogP contribution in [0.15, 0.2) is 164 Å². The van der Waals surface area contributed by atoms with E-state index in [4.69, 9.17) is 9.97 Å². The summed E-state index contributed by atoms with van der Waals surface area (Å²) in [6, 6.07) is 64.0. The van der Waals surface area contributed by atoms with Gasteiger partial charge in [-0.05, 0) is 97.8 Å². The quantitative estimate of drug-likeness (QED) is 0.103. The molecule has 380 valence electrons. The SMILES string of the molecule is CC(C)c1cc(-c2ccccc2)cc(C(C)C)c1-n1c(-c2cc(C(C)(C)C)cc(C(C)(C)C)c2O)nc2c(-c3cccc4c3nc3c5[c-]c6c7c(c5c5ccccc5n43)-c3ccccc3B7c3ccccc3-6)cccc21.[Pt]. The van der Waals surface area contributed by atoms with Gasteiger partial charge < -0.3 is 9.51 Å². The Morgan fingerprint density at radius 2 is 1.12 bits per heavy atom. The largest absolute Gasteiger partial charge is 0.507 e. The Kier molecular flexibility index (Phi) is 11.2. The third-order valence-electron chi connectivity index (χ3n) is 16.7. The van der Waals surface area contributed by atoms with Crippen LogP contribution in [0.3, 0.4) is 0 Å². The van der Waals surface area contributed by atoms with Gasteiger partial charge in [-0.1, -0.05) is 224 Å². The van der Waals surface area contributed by atoms with Crippen molar-refractivity contribution >= 4 is 72.5 Å². The molecule has 0 bridgehead atoms. The number of nitrogens with zero attached hydrogens (tertiary/aromatic N) is 4. The molecule has 12 aromatic rings. The summed E-state index contributed by atoms with van der Waals surface area (Å²) in [4.78, 5) is 11.7. The number of phenols is 1. The van der Waals surface area contributed by atoms with Gasteiger partial charge >= 0.3 is 0 Å². The van der Waals surface area contributed by atoms with Crippen molar-refractivity contribution < 1.29 is 26.2 Å². The predicted molar refractivity (Wildman–Crippen MR) is 320 cm³/mol. The van der Waals surface area contributed by atoms with Crippen LogP contribution in [-0.4, -0.2) is 30.8 Å². The summed E-state index contributed by atoms with van der Waals surface area (Å²) >= 11 is 0. The molecule has 1 N–H and O–H groups in total. The first-order valence-electron chi connectivity index (χ1n) is 27.2. The third kappa shape index (κ3) is 7.17. The molecule has 9 aromatic carbocycles. The average Bonchev–Trinajstić information content (AvgIpc) is 4.21. The molecule has 2 aliphatic rings. The molecule has 0 atom stereocenters. The van der Waals surface area contributed by atoms with Crippen molar-refractivity contribution in [1.29, 1.82) is 0 Å². The summed E-state index contributed by atoms with van der Waals surface area (Å²) in [5.74, 6) is 1.31. The van der Waals surface area contributed by atoms with Crippen molar-refractivity contribution in [2.45, 2.75) is 91.9 Å². The molecule has 14 rings (SSSR count). The number of fused-ring (bicyclic) bond motifs is 16. The fourth-order valence-corrected chi connectivity index (χ4v) is 13.0. The van der Waals surface area contributed by atoms with Gasteiger partial charge in [-0.25, -0.2) is 4.98 Å². The Morgan fingerprint density at radius 1 is 0.545 bits per heavy atom. The van der Waals surface area contributed by atoms with E-state index in [9.17, 15) is 5.11 Å². The van der Waals surface area contributed by atoms with E-state index in [-0.39, 0.29) is 56.2 Å². The molecular formula is C70H60BN4OPt-. The van der Waals surface area contributed by atoms with Gasteiger partial charge in [0.25, 0.3) is 0 Å². The van der Waals surface area contributed by atoms with E-state index in [2.05, 4.69) is 248 Å². The summed E-state index contributed by atoms with van der Waals surface area (Å²) < 4.78 is 4.76. The number of aromatic hydroxyl groups is 1. The van der Waals surface area contributed by atoms with E-state index < -0.39 is 0 Å². The Labute approximate surface area is 466 Å². The number of benzene rings is 9. The number of aromatic nitrogens is 4. The van der Waals surface area contributed by atoms with Gasteiger partial charge in [-0.15, -0.1) is 22.6 Å². The topological polar surface area (TPSA) is 55.3 Å². The van der Waals surface area contributed by atoms with E-state index >= 15 is 0 Å². The maximum absolute atomic E-state index is 12.8. The molecule has 0 radical (unpaired) electrons. The second-order valence-electron chi connectivity index (χ2n) is 24.2. The zero-order chi connectivity index (χ0) is 52.3. The van der Waals surface area contributed by atoms with Crippen LogP contribution in [0.1, 0.15) is 103 Å². The van der Waals surface area contributed by atoms with Crippen molar-refractivity contribution in [2.75, 3.05) is 0 Å². The van der Waals surface area contributed by atoms with Crippen LogP contribution in [0.2, 0.25) is 0 Å². The van der Waals surface area contributed by atoms with Gasteiger partial charge in [0.1, 0.15) is 11.6 Å². The van der Waals surface area contributed by atoms with Gasteiger partial charge in [-0.2, -0.15) is 0 Å². The molecule has 7 heteroatoms. The van der Waals surface area contributed by atoms with E-state index in [0.29, 0.717) is 5.82 Å². The minimum Gasteiger partial charge on any atom is -0.507 e. The molecule has 0 fully saturated rings. The number of rotatable bonds is 6. The monoisotopic (exact) mass is 1180 g/mol. The normalized spacial score (nSPS) is 13.0. The number of phenolic OH excluding ortho intramolecular Hbond substituents is 1. The van der Waals surface area contributed by atoms with E-state index in [0.717, 1.165) is 72.1 Å². The van der Waals surface area contributed by atoms with Gasteiger partial charge in [0.2, 0.25) is 0 Å². The molecular weight excluding hydrogens is 1120 g/mol. The number of pyridine rings is 1. The van der Waals surface area contributed by atoms with Crippen LogP contribution in [-0.2, 0) is 31.9 Å². The van der Waals surface area contributed by atoms with Gasteiger partial charge in [0.05, 0.1) is 39.0 Å². The van der Waals surface area contributed by atoms with Crippen LogP contribution in [0.5, 0.6) is 5.75 Å². The summed E-state index contributed by atoms with van der Waals surface area (Å²) in [7, 11) is 0. The van der Waals surface area contributed by atoms with Crippen LogP contribution in [0.25, 0.3) is 111 Å². The number of imidazole rings is 2. The van der Waals surface area contributed by atoms with Gasteiger partial charge in [0, 0.05) is 43.3 Å². The van der Waals surface area contributed by atoms with Crippen molar-refractivity contribution in [1.82, 2.24) is 18.9 Å².